The Balaban J connectivity index is 0.00000208. The summed E-state index contributed by atoms with van der Waals surface area (Å²) in [7, 11) is 1.71. The molecule has 0 amide bonds. The average molecular weight is 426 g/mol. The summed E-state index contributed by atoms with van der Waals surface area (Å²) < 4.78 is 7.44. The first-order valence-corrected chi connectivity index (χ1v) is 8.56. The molecule has 3 rings (SSSR count). The third kappa shape index (κ3) is 4.57. The Labute approximate surface area is 161 Å². The quantitative estimate of drug-likeness (QED) is 0.543. The minimum atomic E-state index is 0. The van der Waals surface area contributed by atoms with E-state index in [1.807, 2.05) is 42.5 Å². The Morgan fingerprint density at radius 2 is 1.79 bits per heavy atom. The van der Waals surface area contributed by atoms with E-state index >= 15 is 0 Å². The largest absolute Gasteiger partial charge is 0.383 e. The summed E-state index contributed by atoms with van der Waals surface area (Å²) >= 11 is 7.57. The SMILES string of the molecule is Br.COCCn1c(-c2ccccc2)csc1=Nc1ccc(Cl)cc1. The summed E-state index contributed by atoms with van der Waals surface area (Å²) in [5, 5.41) is 2.85. The number of nitrogens with zero attached hydrogens (tertiary/aromatic N) is 2. The standard InChI is InChI=1S/C18H17ClN2OS.BrH/c1-22-12-11-21-17(14-5-3-2-4-6-14)13-23-18(21)20-16-9-7-15(19)8-10-16;/h2-10,13H,11-12H2,1H3;1H. The maximum absolute atomic E-state index is 5.94. The van der Waals surface area contributed by atoms with E-state index in [2.05, 4.69) is 22.1 Å². The van der Waals surface area contributed by atoms with Crippen molar-refractivity contribution < 1.29 is 4.74 Å². The molecular weight excluding hydrogens is 408 g/mol. The number of rotatable bonds is 5. The van der Waals surface area contributed by atoms with E-state index < -0.39 is 0 Å². The minimum absolute atomic E-state index is 0. The van der Waals surface area contributed by atoms with Crippen molar-refractivity contribution in [1.82, 2.24) is 4.57 Å². The molecule has 0 radical (unpaired) electrons. The smallest absolute Gasteiger partial charge is 0.190 e. The van der Waals surface area contributed by atoms with Crippen LogP contribution in [0.1, 0.15) is 0 Å². The molecule has 0 unspecified atom stereocenters. The Bertz CT molecular complexity index is 828. The van der Waals surface area contributed by atoms with Gasteiger partial charge >= 0.3 is 0 Å². The van der Waals surface area contributed by atoms with Gasteiger partial charge in [0.15, 0.2) is 4.80 Å². The van der Waals surface area contributed by atoms with Gasteiger partial charge in [-0.2, -0.15) is 0 Å². The van der Waals surface area contributed by atoms with Gasteiger partial charge in [-0.25, -0.2) is 4.99 Å². The van der Waals surface area contributed by atoms with Crippen molar-refractivity contribution >= 4 is 45.6 Å². The molecule has 0 spiro atoms. The normalized spacial score (nSPS) is 11.3. The first kappa shape index (κ1) is 18.9. The predicted octanol–water partition coefficient (Wildman–Crippen LogP) is 5.33. The fourth-order valence-electron chi connectivity index (χ4n) is 2.28. The fraction of sp³-hybridized carbons (Fsp3) is 0.167. The van der Waals surface area contributed by atoms with Crippen molar-refractivity contribution in [2.24, 2.45) is 4.99 Å². The van der Waals surface area contributed by atoms with Crippen LogP contribution in [-0.4, -0.2) is 18.3 Å². The summed E-state index contributed by atoms with van der Waals surface area (Å²) in [6.07, 6.45) is 0. The van der Waals surface area contributed by atoms with E-state index in [4.69, 9.17) is 21.3 Å². The number of aromatic nitrogens is 1. The van der Waals surface area contributed by atoms with Crippen molar-refractivity contribution in [2.75, 3.05) is 13.7 Å². The van der Waals surface area contributed by atoms with Crippen molar-refractivity contribution in [3.63, 3.8) is 0 Å². The van der Waals surface area contributed by atoms with Gasteiger partial charge in [-0.3, -0.25) is 0 Å². The number of ether oxygens (including phenoxy) is 1. The molecule has 126 valence electrons. The summed E-state index contributed by atoms with van der Waals surface area (Å²) in [6.45, 7) is 1.40. The van der Waals surface area contributed by atoms with Crippen LogP contribution < -0.4 is 4.80 Å². The van der Waals surface area contributed by atoms with Crippen LogP contribution in [-0.2, 0) is 11.3 Å². The Morgan fingerprint density at radius 3 is 2.46 bits per heavy atom. The second-order valence-corrected chi connectivity index (χ2v) is 6.28. The molecule has 0 fully saturated rings. The zero-order chi connectivity index (χ0) is 16.1. The predicted molar refractivity (Wildman–Crippen MR) is 107 cm³/mol. The summed E-state index contributed by atoms with van der Waals surface area (Å²) in [6, 6.07) is 17.9. The van der Waals surface area contributed by atoms with E-state index in [1.54, 1.807) is 18.4 Å². The molecule has 0 aliphatic carbocycles. The van der Waals surface area contributed by atoms with Crippen LogP contribution in [0.2, 0.25) is 5.02 Å². The van der Waals surface area contributed by atoms with E-state index in [1.165, 1.54) is 5.56 Å². The Kier molecular flexibility index (Phi) is 7.24. The number of thiazole rings is 1. The molecular formula is C18H18BrClN2OS. The lowest BCUT2D eigenvalue weighted by Crippen LogP contribution is -2.18. The molecule has 0 saturated carbocycles. The molecule has 24 heavy (non-hydrogen) atoms. The summed E-state index contributed by atoms with van der Waals surface area (Å²) in [4.78, 5) is 5.70. The highest BCUT2D eigenvalue weighted by atomic mass is 79.9. The lowest BCUT2D eigenvalue weighted by atomic mass is 10.2. The Hall–Kier alpha value is -1.40. The van der Waals surface area contributed by atoms with Crippen LogP contribution >= 0.6 is 39.9 Å². The summed E-state index contributed by atoms with van der Waals surface area (Å²) in [5.74, 6) is 0. The summed E-state index contributed by atoms with van der Waals surface area (Å²) in [5.41, 5.74) is 3.22. The molecule has 3 aromatic rings. The first-order valence-electron chi connectivity index (χ1n) is 7.31. The lowest BCUT2D eigenvalue weighted by Gasteiger charge is -2.08. The average Bonchev–Trinajstić information content (AvgIpc) is 2.98. The van der Waals surface area contributed by atoms with Gasteiger partial charge in [0.05, 0.1) is 18.0 Å². The van der Waals surface area contributed by atoms with Crippen molar-refractivity contribution in [1.29, 1.82) is 0 Å². The van der Waals surface area contributed by atoms with Crippen molar-refractivity contribution in [3.05, 3.63) is 69.8 Å². The van der Waals surface area contributed by atoms with Crippen LogP contribution in [0.3, 0.4) is 0 Å². The van der Waals surface area contributed by atoms with E-state index in [0.29, 0.717) is 11.6 Å². The number of hydrogen-bond acceptors (Lipinski definition) is 3. The van der Waals surface area contributed by atoms with Crippen LogP contribution in [0.15, 0.2) is 65.0 Å². The second-order valence-electron chi connectivity index (χ2n) is 5.00. The maximum atomic E-state index is 5.94. The van der Waals surface area contributed by atoms with E-state index in [-0.39, 0.29) is 17.0 Å². The second kappa shape index (κ2) is 9.18. The molecule has 0 saturated heterocycles. The zero-order valence-corrected chi connectivity index (χ0v) is 16.5. The van der Waals surface area contributed by atoms with Crippen molar-refractivity contribution in [3.8, 4) is 11.3 Å². The van der Waals surface area contributed by atoms with Crippen LogP contribution in [0.4, 0.5) is 5.69 Å². The van der Waals surface area contributed by atoms with Gasteiger partial charge < -0.3 is 9.30 Å². The molecule has 1 heterocycles. The van der Waals surface area contributed by atoms with Gasteiger partial charge in [0, 0.05) is 24.1 Å². The third-order valence-electron chi connectivity index (χ3n) is 3.44. The first-order chi connectivity index (χ1) is 11.3. The highest BCUT2D eigenvalue weighted by molar-refractivity contribution is 8.93. The minimum Gasteiger partial charge on any atom is -0.383 e. The van der Waals surface area contributed by atoms with Crippen LogP contribution in [0.5, 0.6) is 0 Å². The fourth-order valence-corrected chi connectivity index (χ4v) is 3.36. The molecule has 0 atom stereocenters. The van der Waals surface area contributed by atoms with Gasteiger partial charge in [-0.1, -0.05) is 41.9 Å². The van der Waals surface area contributed by atoms with Gasteiger partial charge in [0.1, 0.15) is 0 Å². The van der Waals surface area contributed by atoms with Crippen molar-refractivity contribution in [2.45, 2.75) is 6.54 Å². The highest BCUT2D eigenvalue weighted by Crippen LogP contribution is 2.21. The lowest BCUT2D eigenvalue weighted by molar-refractivity contribution is 0.187. The third-order valence-corrected chi connectivity index (χ3v) is 4.55. The molecule has 2 aromatic carbocycles. The van der Waals surface area contributed by atoms with Gasteiger partial charge in [0.2, 0.25) is 0 Å². The molecule has 0 aliphatic rings. The molecule has 6 heteroatoms. The van der Waals surface area contributed by atoms with Gasteiger partial charge in [-0.15, -0.1) is 28.3 Å². The number of benzene rings is 2. The van der Waals surface area contributed by atoms with Gasteiger partial charge in [0.25, 0.3) is 0 Å². The van der Waals surface area contributed by atoms with Gasteiger partial charge in [-0.05, 0) is 29.8 Å². The molecule has 0 N–H and O–H groups in total. The molecule has 3 nitrogen and oxygen atoms in total. The highest BCUT2D eigenvalue weighted by Gasteiger charge is 2.07. The molecule has 0 bridgehead atoms. The monoisotopic (exact) mass is 424 g/mol. The van der Waals surface area contributed by atoms with E-state index in [9.17, 15) is 0 Å². The number of hydrogen-bond donors (Lipinski definition) is 0. The topological polar surface area (TPSA) is 26.5 Å². The molecule has 1 aromatic heterocycles. The van der Waals surface area contributed by atoms with Crippen LogP contribution in [0.25, 0.3) is 11.3 Å². The number of halogens is 2. The maximum Gasteiger partial charge on any atom is 0.190 e. The Morgan fingerprint density at radius 1 is 1.08 bits per heavy atom. The zero-order valence-electron chi connectivity index (χ0n) is 13.2. The molecule has 0 aliphatic heterocycles. The van der Waals surface area contributed by atoms with Crippen LogP contribution in [0, 0.1) is 0 Å². The number of methoxy groups -OCH3 is 1. The van der Waals surface area contributed by atoms with E-state index in [0.717, 1.165) is 22.7 Å².